The van der Waals surface area contributed by atoms with Gasteiger partial charge in [-0.1, -0.05) is 148 Å². The highest BCUT2D eigenvalue weighted by Crippen LogP contribution is 2.42. The van der Waals surface area contributed by atoms with Crippen molar-refractivity contribution < 1.29 is 37.9 Å². The predicted octanol–water partition coefficient (Wildman–Crippen LogP) is 10.3. The Morgan fingerprint density at radius 2 is 1.06 bits per heavy atom. The fourth-order valence-electron chi connectivity index (χ4n) is 5.43. The molecule has 284 valence electrons. The van der Waals surface area contributed by atoms with Crippen LogP contribution < -0.4 is 5.32 Å². The zero-order valence-corrected chi connectivity index (χ0v) is 31.8. The molecule has 0 aromatic carbocycles. The first-order chi connectivity index (χ1) is 23.3. The van der Waals surface area contributed by atoms with Crippen molar-refractivity contribution in [1.29, 1.82) is 0 Å². The lowest BCUT2D eigenvalue weighted by molar-refractivity contribution is -0.147. The van der Waals surface area contributed by atoms with Gasteiger partial charge in [-0.2, -0.15) is 0 Å². The molecule has 0 fully saturated rings. The number of unbranched alkanes of at least 4 members (excludes halogenated alkanes) is 22. The Hall–Kier alpha value is -1.25. The number of aliphatic hydroxyl groups is 1. The van der Waals surface area contributed by atoms with E-state index in [0.29, 0.717) is 6.42 Å². The Bertz CT molecular complexity index is 810. The summed E-state index contributed by atoms with van der Waals surface area (Å²) in [6.45, 7) is 3.51. The van der Waals surface area contributed by atoms with E-state index in [9.17, 15) is 24.2 Å². The van der Waals surface area contributed by atoms with E-state index in [1.54, 1.807) is 0 Å². The number of carbonyl (C=O) groups is 2. The largest absolute Gasteiger partial charge is 0.472 e. The van der Waals surface area contributed by atoms with Crippen molar-refractivity contribution in [2.24, 2.45) is 0 Å². The normalized spacial score (nSPS) is 13.5. The number of nitrogens with one attached hydrogen (secondary N) is 1. The van der Waals surface area contributed by atoms with Crippen LogP contribution in [0.5, 0.6) is 0 Å². The zero-order chi connectivity index (χ0) is 35.4. The van der Waals surface area contributed by atoms with Crippen LogP contribution in [0.3, 0.4) is 0 Å². The number of allylic oxidation sites excluding steroid dienone is 2. The van der Waals surface area contributed by atoms with Crippen molar-refractivity contribution in [3.05, 3.63) is 12.2 Å². The molecule has 3 N–H and O–H groups in total. The Kier molecular flexibility index (Phi) is 34.6. The Labute approximate surface area is 294 Å². The smallest absolute Gasteiger partial charge is 0.463 e. The van der Waals surface area contributed by atoms with Crippen molar-refractivity contribution in [3.63, 3.8) is 0 Å². The summed E-state index contributed by atoms with van der Waals surface area (Å²) in [5.41, 5.74) is 0. The van der Waals surface area contributed by atoms with E-state index in [4.69, 9.17) is 13.8 Å². The lowest BCUT2D eigenvalue weighted by Crippen LogP contribution is -2.27. The Balaban J connectivity index is 3.56. The average Bonchev–Trinajstić information content (AvgIpc) is 3.07. The standard InChI is InChI=1S/C38H74NO8P/c1-3-5-7-9-11-13-14-15-16-17-18-19-20-21-22-23-24-26-28-30-37(41)39-32-33-46-48(43,44)47-35-36(40)34-45-38(42)31-29-27-25-12-10-8-6-4-2/h15-16,36,40H,3-14,17-35H2,1-2H3,(H,39,41)(H,43,44)/b16-15+. The van der Waals surface area contributed by atoms with Gasteiger partial charge < -0.3 is 20.1 Å². The first kappa shape index (κ1) is 46.8. The van der Waals surface area contributed by atoms with Crippen LogP contribution in [0, 0.1) is 0 Å². The van der Waals surface area contributed by atoms with E-state index < -0.39 is 26.5 Å². The van der Waals surface area contributed by atoms with E-state index in [0.717, 1.165) is 38.5 Å². The lowest BCUT2D eigenvalue weighted by atomic mass is 10.1. The molecule has 2 unspecified atom stereocenters. The minimum atomic E-state index is -4.40. The molecular formula is C38H74NO8P. The number of hydrogen-bond acceptors (Lipinski definition) is 7. The molecule has 1 amide bonds. The van der Waals surface area contributed by atoms with Crippen LogP contribution in [-0.2, 0) is 27.9 Å². The summed E-state index contributed by atoms with van der Waals surface area (Å²) >= 11 is 0. The molecule has 9 nitrogen and oxygen atoms in total. The van der Waals surface area contributed by atoms with Gasteiger partial charge in [-0.05, 0) is 38.5 Å². The number of hydrogen-bond donors (Lipinski definition) is 3. The van der Waals surface area contributed by atoms with Gasteiger partial charge in [-0.3, -0.25) is 18.6 Å². The molecule has 48 heavy (non-hydrogen) atoms. The zero-order valence-electron chi connectivity index (χ0n) is 30.9. The number of carbonyl (C=O) groups excluding carboxylic acids is 2. The second-order valence-electron chi connectivity index (χ2n) is 13.3. The molecule has 0 radical (unpaired) electrons. The lowest BCUT2D eigenvalue weighted by Gasteiger charge is -2.15. The summed E-state index contributed by atoms with van der Waals surface area (Å²) in [4.78, 5) is 33.7. The van der Waals surface area contributed by atoms with E-state index in [-0.39, 0.29) is 32.1 Å². The molecule has 0 spiro atoms. The molecule has 0 saturated carbocycles. The summed E-state index contributed by atoms with van der Waals surface area (Å²) < 4.78 is 26.7. The van der Waals surface area contributed by atoms with Crippen LogP contribution >= 0.6 is 7.82 Å². The third-order valence-corrected chi connectivity index (χ3v) is 9.43. The molecule has 0 aliphatic carbocycles. The van der Waals surface area contributed by atoms with Crippen LogP contribution in [-0.4, -0.2) is 54.3 Å². The first-order valence-corrected chi connectivity index (χ1v) is 21.2. The summed E-state index contributed by atoms with van der Waals surface area (Å²) in [6.07, 6.45) is 34.4. The quantitative estimate of drug-likeness (QED) is 0.0252. The van der Waals surface area contributed by atoms with E-state index in [2.05, 4.69) is 31.3 Å². The maximum atomic E-state index is 12.0. The number of aliphatic hydroxyl groups excluding tert-OH is 1. The number of esters is 1. The minimum absolute atomic E-state index is 0.0839. The molecular weight excluding hydrogens is 629 g/mol. The fraction of sp³-hybridized carbons (Fsp3) is 0.895. The molecule has 0 aromatic rings. The Morgan fingerprint density at radius 3 is 1.56 bits per heavy atom. The second-order valence-corrected chi connectivity index (χ2v) is 14.7. The third kappa shape index (κ3) is 36.0. The monoisotopic (exact) mass is 704 g/mol. The minimum Gasteiger partial charge on any atom is -0.463 e. The number of ether oxygens (including phenoxy) is 1. The molecule has 0 heterocycles. The number of amides is 1. The summed E-state index contributed by atoms with van der Waals surface area (Å²) in [5, 5.41) is 12.6. The number of phosphoric ester groups is 1. The summed E-state index contributed by atoms with van der Waals surface area (Å²) in [5.74, 6) is -0.518. The van der Waals surface area contributed by atoms with Crippen LogP contribution in [0.4, 0.5) is 0 Å². The highest BCUT2D eigenvalue weighted by molar-refractivity contribution is 7.47. The molecule has 0 bridgehead atoms. The fourth-order valence-corrected chi connectivity index (χ4v) is 6.19. The highest BCUT2D eigenvalue weighted by atomic mass is 31.2. The van der Waals surface area contributed by atoms with Gasteiger partial charge in [-0.25, -0.2) is 4.57 Å². The molecule has 0 aliphatic heterocycles. The third-order valence-electron chi connectivity index (χ3n) is 8.45. The second kappa shape index (κ2) is 35.6. The van der Waals surface area contributed by atoms with Gasteiger partial charge in [-0.15, -0.1) is 0 Å². The van der Waals surface area contributed by atoms with Gasteiger partial charge in [0.05, 0.1) is 13.2 Å². The van der Waals surface area contributed by atoms with Gasteiger partial charge >= 0.3 is 13.8 Å². The van der Waals surface area contributed by atoms with Crippen LogP contribution in [0.25, 0.3) is 0 Å². The van der Waals surface area contributed by atoms with Gasteiger partial charge in [0.2, 0.25) is 5.91 Å². The SMILES string of the molecule is CCCCCCCC/C=C/CCCCCCCCCCCC(=O)NCCOP(=O)(O)OCC(O)COC(=O)CCCCCCCCCC. The van der Waals surface area contributed by atoms with Crippen molar-refractivity contribution in [2.45, 2.75) is 193 Å². The van der Waals surface area contributed by atoms with Crippen molar-refractivity contribution >= 4 is 19.7 Å². The van der Waals surface area contributed by atoms with Crippen LogP contribution in [0.15, 0.2) is 12.2 Å². The van der Waals surface area contributed by atoms with Crippen LogP contribution in [0.1, 0.15) is 187 Å². The average molecular weight is 704 g/mol. The maximum absolute atomic E-state index is 12.0. The Morgan fingerprint density at radius 1 is 0.625 bits per heavy atom. The van der Waals surface area contributed by atoms with Crippen molar-refractivity contribution in [1.82, 2.24) is 5.32 Å². The molecule has 2 atom stereocenters. The van der Waals surface area contributed by atoms with Gasteiger partial charge in [0.25, 0.3) is 0 Å². The van der Waals surface area contributed by atoms with Gasteiger partial charge in [0, 0.05) is 19.4 Å². The number of phosphoric acid groups is 1. The highest BCUT2D eigenvalue weighted by Gasteiger charge is 2.23. The number of rotatable bonds is 37. The van der Waals surface area contributed by atoms with Crippen molar-refractivity contribution in [2.75, 3.05) is 26.4 Å². The molecule has 0 saturated heterocycles. The summed E-state index contributed by atoms with van der Waals surface area (Å²) in [6, 6.07) is 0. The van der Waals surface area contributed by atoms with Gasteiger partial charge in [0.15, 0.2) is 0 Å². The maximum Gasteiger partial charge on any atom is 0.472 e. The summed E-state index contributed by atoms with van der Waals surface area (Å²) in [7, 11) is -4.40. The van der Waals surface area contributed by atoms with Crippen LogP contribution in [0.2, 0.25) is 0 Å². The molecule has 0 aliphatic rings. The van der Waals surface area contributed by atoms with E-state index in [1.807, 2.05) is 0 Å². The topological polar surface area (TPSA) is 131 Å². The first-order valence-electron chi connectivity index (χ1n) is 19.7. The van der Waals surface area contributed by atoms with Gasteiger partial charge in [0.1, 0.15) is 12.7 Å². The molecule has 0 aromatic heterocycles. The van der Waals surface area contributed by atoms with Crippen molar-refractivity contribution in [3.8, 4) is 0 Å². The molecule has 10 heteroatoms. The van der Waals surface area contributed by atoms with E-state index in [1.165, 1.54) is 122 Å². The predicted molar refractivity (Wildman–Crippen MR) is 197 cm³/mol. The van der Waals surface area contributed by atoms with E-state index >= 15 is 0 Å². The molecule has 0 rings (SSSR count).